The van der Waals surface area contributed by atoms with Gasteiger partial charge in [-0.25, -0.2) is 0 Å². The fourth-order valence-corrected chi connectivity index (χ4v) is 2.38. The molecule has 0 bridgehead atoms. The highest BCUT2D eigenvalue weighted by Gasteiger charge is 2.31. The van der Waals surface area contributed by atoms with Crippen LogP contribution >= 0.6 is 12.2 Å². The summed E-state index contributed by atoms with van der Waals surface area (Å²) in [7, 11) is 0. The molecule has 1 aromatic heterocycles. The number of halogens is 3. The van der Waals surface area contributed by atoms with Gasteiger partial charge in [0.1, 0.15) is 0 Å². The Morgan fingerprint density at radius 1 is 1.21 bits per heavy atom. The zero-order valence-electron chi connectivity index (χ0n) is 10.9. The molecule has 2 aromatic rings. The van der Waals surface area contributed by atoms with Crippen molar-refractivity contribution in [1.29, 1.82) is 0 Å². The summed E-state index contributed by atoms with van der Waals surface area (Å²) < 4.78 is 40.3. The van der Waals surface area contributed by atoms with Crippen LogP contribution in [0, 0.1) is 10.7 Å². The molecule has 0 saturated heterocycles. The predicted octanol–water partition coefficient (Wildman–Crippen LogP) is 4.93. The number of benzene rings is 1. The third kappa shape index (κ3) is 2.54. The van der Waals surface area contributed by atoms with Gasteiger partial charge in [0.05, 0.1) is 16.6 Å². The summed E-state index contributed by atoms with van der Waals surface area (Å²) >= 11 is 5.21. The van der Waals surface area contributed by atoms with E-state index in [9.17, 15) is 13.2 Å². The Morgan fingerprint density at radius 3 is 2.37 bits per heavy atom. The third-order valence-corrected chi connectivity index (χ3v) is 3.71. The number of imidazole rings is 1. The van der Waals surface area contributed by atoms with Gasteiger partial charge in [0.15, 0.2) is 4.77 Å². The van der Waals surface area contributed by atoms with E-state index < -0.39 is 11.7 Å². The molecule has 2 rings (SSSR count). The van der Waals surface area contributed by atoms with E-state index in [1.54, 1.807) is 0 Å². The quantitative estimate of drug-likeness (QED) is 0.777. The van der Waals surface area contributed by atoms with Gasteiger partial charge in [-0.2, -0.15) is 13.2 Å². The lowest BCUT2D eigenvalue weighted by Crippen LogP contribution is -2.11. The van der Waals surface area contributed by atoms with E-state index in [1.807, 2.05) is 11.5 Å². The highest BCUT2D eigenvalue weighted by molar-refractivity contribution is 7.71. The highest BCUT2D eigenvalue weighted by Crippen LogP contribution is 2.32. The minimum Gasteiger partial charge on any atom is -0.331 e. The number of hydrogen-bond donors (Lipinski definition) is 1. The molecule has 0 aliphatic rings. The van der Waals surface area contributed by atoms with Gasteiger partial charge in [-0.1, -0.05) is 13.8 Å². The van der Waals surface area contributed by atoms with Crippen LogP contribution in [-0.4, -0.2) is 9.55 Å². The van der Waals surface area contributed by atoms with E-state index in [1.165, 1.54) is 6.07 Å². The summed E-state index contributed by atoms with van der Waals surface area (Å²) in [4.78, 5) is 2.85. The summed E-state index contributed by atoms with van der Waals surface area (Å²) in [5, 5.41) is 0. The third-order valence-electron chi connectivity index (χ3n) is 3.42. The molecule has 19 heavy (non-hydrogen) atoms. The lowest BCUT2D eigenvalue weighted by Gasteiger charge is -2.18. The lowest BCUT2D eigenvalue weighted by molar-refractivity contribution is -0.137. The fourth-order valence-electron chi connectivity index (χ4n) is 2.01. The van der Waals surface area contributed by atoms with Crippen molar-refractivity contribution in [2.45, 2.75) is 33.0 Å². The summed E-state index contributed by atoms with van der Waals surface area (Å²) in [6, 6.07) is 3.80. The predicted molar refractivity (Wildman–Crippen MR) is 71.7 cm³/mol. The van der Waals surface area contributed by atoms with Crippen LogP contribution in [0.15, 0.2) is 18.2 Å². The monoisotopic (exact) mass is 288 g/mol. The molecule has 0 aliphatic heterocycles. The van der Waals surface area contributed by atoms with Crippen molar-refractivity contribution in [3.05, 3.63) is 28.5 Å². The first-order valence-corrected chi connectivity index (χ1v) is 6.44. The molecule has 1 unspecified atom stereocenters. The maximum absolute atomic E-state index is 12.7. The van der Waals surface area contributed by atoms with Crippen molar-refractivity contribution >= 4 is 23.3 Å². The van der Waals surface area contributed by atoms with Crippen LogP contribution in [0.3, 0.4) is 0 Å². The van der Waals surface area contributed by atoms with E-state index in [-0.39, 0.29) is 6.04 Å². The van der Waals surface area contributed by atoms with Crippen molar-refractivity contribution in [3.8, 4) is 0 Å². The molecule has 0 amide bonds. The van der Waals surface area contributed by atoms with Gasteiger partial charge in [0, 0.05) is 6.04 Å². The Bertz CT molecular complexity index is 652. The first kappa shape index (κ1) is 14.1. The maximum Gasteiger partial charge on any atom is 0.416 e. The van der Waals surface area contributed by atoms with Gasteiger partial charge in [-0.3, -0.25) is 0 Å². The van der Waals surface area contributed by atoms with Gasteiger partial charge in [0.2, 0.25) is 0 Å². The van der Waals surface area contributed by atoms with E-state index >= 15 is 0 Å². The number of H-pyrrole nitrogens is 1. The molecule has 0 saturated carbocycles. The highest BCUT2D eigenvalue weighted by atomic mass is 32.1. The average Bonchev–Trinajstić information content (AvgIpc) is 2.61. The number of aromatic nitrogens is 2. The molecular formula is C13H15F3N2S. The minimum atomic E-state index is -4.34. The summed E-state index contributed by atoms with van der Waals surface area (Å²) in [6.07, 6.45) is -4.34. The van der Waals surface area contributed by atoms with Gasteiger partial charge >= 0.3 is 6.18 Å². The van der Waals surface area contributed by atoms with Crippen LogP contribution in [-0.2, 0) is 6.18 Å². The van der Waals surface area contributed by atoms with E-state index in [2.05, 4.69) is 18.8 Å². The minimum absolute atomic E-state index is 0.123. The Balaban J connectivity index is 2.64. The Hall–Kier alpha value is -1.30. The molecule has 0 radical (unpaired) electrons. The summed E-state index contributed by atoms with van der Waals surface area (Å²) in [5.74, 6) is 0.341. The number of hydrogen-bond acceptors (Lipinski definition) is 1. The van der Waals surface area contributed by atoms with Crippen molar-refractivity contribution in [2.75, 3.05) is 0 Å². The topological polar surface area (TPSA) is 20.7 Å². The normalized spacial score (nSPS) is 14.3. The largest absolute Gasteiger partial charge is 0.416 e. The smallest absolute Gasteiger partial charge is 0.331 e. The van der Waals surface area contributed by atoms with Crippen LogP contribution in [0.5, 0.6) is 0 Å². The van der Waals surface area contributed by atoms with Crippen LogP contribution < -0.4 is 0 Å². The SMILES string of the molecule is CC(C)C(C)n1c(=S)[nH]c2cc(C(F)(F)F)ccc21. The van der Waals surface area contributed by atoms with E-state index in [0.29, 0.717) is 21.7 Å². The molecule has 1 heterocycles. The van der Waals surface area contributed by atoms with Crippen molar-refractivity contribution in [3.63, 3.8) is 0 Å². The Kier molecular flexibility index (Phi) is 3.47. The number of rotatable bonds is 2. The van der Waals surface area contributed by atoms with Crippen LogP contribution in [0.1, 0.15) is 32.4 Å². The second-order valence-electron chi connectivity index (χ2n) is 5.01. The Morgan fingerprint density at radius 2 is 1.84 bits per heavy atom. The Labute approximate surface area is 114 Å². The molecule has 104 valence electrons. The number of nitrogens with zero attached hydrogens (tertiary/aromatic N) is 1. The zero-order valence-corrected chi connectivity index (χ0v) is 11.7. The molecule has 0 spiro atoms. The van der Waals surface area contributed by atoms with Gasteiger partial charge in [0.25, 0.3) is 0 Å². The number of alkyl halides is 3. The van der Waals surface area contributed by atoms with Crippen molar-refractivity contribution < 1.29 is 13.2 Å². The van der Waals surface area contributed by atoms with Crippen LogP contribution in [0.4, 0.5) is 13.2 Å². The molecule has 1 N–H and O–H groups in total. The van der Waals surface area contributed by atoms with Gasteiger partial charge in [-0.15, -0.1) is 0 Å². The molecule has 0 fully saturated rings. The van der Waals surface area contributed by atoms with Gasteiger partial charge < -0.3 is 9.55 Å². The first-order chi connectivity index (χ1) is 8.71. The molecule has 1 aromatic carbocycles. The van der Waals surface area contributed by atoms with Crippen LogP contribution in [0.25, 0.3) is 11.0 Å². The average molecular weight is 288 g/mol. The second kappa shape index (κ2) is 4.67. The van der Waals surface area contributed by atoms with E-state index in [0.717, 1.165) is 12.1 Å². The summed E-state index contributed by atoms with van der Waals surface area (Å²) in [5.41, 5.74) is 0.465. The molecule has 1 atom stereocenters. The van der Waals surface area contributed by atoms with E-state index in [4.69, 9.17) is 12.2 Å². The van der Waals surface area contributed by atoms with Crippen molar-refractivity contribution in [2.24, 2.45) is 5.92 Å². The summed E-state index contributed by atoms with van der Waals surface area (Å²) in [6.45, 7) is 6.11. The molecule has 2 nitrogen and oxygen atoms in total. The zero-order chi connectivity index (χ0) is 14.4. The standard InChI is InChI=1S/C13H15F3N2S/c1-7(2)8(3)18-11-5-4-9(13(14,15)16)6-10(11)17-12(18)19/h4-8H,1-3H3,(H,17,19). The van der Waals surface area contributed by atoms with Crippen molar-refractivity contribution in [1.82, 2.24) is 9.55 Å². The molecule has 6 heteroatoms. The maximum atomic E-state index is 12.7. The molecular weight excluding hydrogens is 273 g/mol. The second-order valence-corrected chi connectivity index (χ2v) is 5.40. The fraction of sp³-hybridized carbons (Fsp3) is 0.462. The van der Waals surface area contributed by atoms with Crippen LogP contribution in [0.2, 0.25) is 0 Å². The number of aromatic amines is 1. The van der Waals surface area contributed by atoms with Gasteiger partial charge in [-0.05, 0) is 43.3 Å². The number of fused-ring (bicyclic) bond motifs is 1. The lowest BCUT2D eigenvalue weighted by atomic mass is 10.1. The first-order valence-electron chi connectivity index (χ1n) is 6.03. The number of nitrogens with one attached hydrogen (secondary N) is 1. The molecule has 0 aliphatic carbocycles.